The summed E-state index contributed by atoms with van der Waals surface area (Å²) >= 11 is 0. The minimum absolute atomic E-state index is 0.477. The van der Waals surface area contributed by atoms with Gasteiger partial charge in [-0.1, -0.05) is 0 Å². The maximum Gasteiger partial charge on any atom is 0.225 e. The second-order valence-electron chi connectivity index (χ2n) is 1.99. The van der Waals surface area contributed by atoms with Crippen molar-refractivity contribution in [2.45, 2.75) is 19.4 Å². The van der Waals surface area contributed by atoms with Crippen molar-refractivity contribution in [1.82, 2.24) is 5.32 Å². The van der Waals surface area contributed by atoms with Gasteiger partial charge in [0.25, 0.3) is 0 Å². The normalized spacial score (nSPS) is 10.2. The average Bonchev–Trinajstić information content (AvgIpc) is 1.67. The van der Waals surface area contributed by atoms with Gasteiger partial charge in [-0.3, -0.25) is 9.59 Å². The summed E-state index contributed by atoms with van der Waals surface area (Å²) < 4.78 is 0. The SMILES string of the molecule is CC(C)([C]=O)NC=O. The number of amides is 1. The number of rotatable bonds is 3. The maximum absolute atomic E-state index is 9.87. The molecule has 0 bridgehead atoms. The van der Waals surface area contributed by atoms with Crippen molar-refractivity contribution in [3.8, 4) is 0 Å². The molecule has 1 radical (unpaired) electrons. The first-order chi connectivity index (χ1) is 3.62. The summed E-state index contributed by atoms with van der Waals surface area (Å²) in [6.07, 6.45) is 2.13. The smallest absolute Gasteiger partial charge is 0.225 e. The second kappa shape index (κ2) is 2.45. The molecule has 0 unspecified atom stereocenters. The number of carbonyl (C=O) groups is 1. The van der Waals surface area contributed by atoms with Gasteiger partial charge in [0, 0.05) is 0 Å². The Morgan fingerprint density at radius 3 is 2.25 bits per heavy atom. The summed E-state index contributed by atoms with van der Waals surface area (Å²) in [6.45, 7) is 3.13. The van der Waals surface area contributed by atoms with Crippen LogP contribution in [0.2, 0.25) is 0 Å². The molecule has 8 heavy (non-hydrogen) atoms. The molecule has 0 atom stereocenters. The molecule has 3 nitrogen and oxygen atoms in total. The predicted octanol–water partition coefficient (Wildman–Crippen LogP) is -0.379. The highest BCUT2D eigenvalue weighted by atomic mass is 16.1. The zero-order chi connectivity index (χ0) is 6.62. The molecule has 0 rings (SSSR count). The third-order valence-corrected chi connectivity index (χ3v) is 0.675. The van der Waals surface area contributed by atoms with Crippen molar-refractivity contribution in [3.63, 3.8) is 0 Å². The van der Waals surface area contributed by atoms with E-state index in [4.69, 9.17) is 0 Å². The lowest BCUT2D eigenvalue weighted by Crippen LogP contribution is -2.39. The van der Waals surface area contributed by atoms with Gasteiger partial charge in [0.05, 0.1) is 0 Å². The highest BCUT2D eigenvalue weighted by molar-refractivity contribution is 5.68. The van der Waals surface area contributed by atoms with Gasteiger partial charge in [-0.05, 0) is 13.8 Å². The van der Waals surface area contributed by atoms with Crippen molar-refractivity contribution in [2.24, 2.45) is 0 Å². The van der Waals surface area contributed by atoms with Gasteiger partial charge in [-0.15, -0.1) is 0 Å². The van der Waals surface area contributed by atoms with Crippen LogP contribution in [0.15, 0.2) is 0 Å². The van der Waals surface area contributed by atoms with Crippen LogP contribution in [0, 0.1) is 0 Å². The molecule has 0 aliphatic heterocycles. The molecule has 0 aliphatic carbocycles. The fourth-order valence-corrected chi connectivity index (χ4v) is 0.177. The molecule has 1 amide bonds. The van der Waals surface area contributed by atoms with Crippen LogP contribution in [0.1, 0.15) is 13.8 Å². The zero-order valence-electron chi connectivity index (χ0n) is 4.89. The predicted molar refractivity (Wildman–Crippen MR) is 29.0 cm³/mol. The van der Waals surface area contributed by atoms with Crippen LogP contribution in [0.5, 0.6) is 0 Å². The first-order valence-electron chi connectivity index (χ1n) is 2.23. The monoisotopic (exact) mass is 114 g/mol. The molecule has 0 aromatic heterocycles. The van der Waals surface area contributed by atoms with Gasteiger partial charge in [-0.25, -0.2) is 0 Å². The first kappa shape index (κ1) is 7.14. The fourth-order valence-electron chi connectivity index (χ4n) is 0.177. The van der Waals surface area contributed by atoms with Gasteiger partial charge in [0.1, 0.15) is 5.54 Å². The average molecular weight is 114 g/mol. The standard InChI is InChI=1S/C5H8NO2/c1-5(2,3-7)6-4-8/h4H,1-2H3,(H,6,8). The zero-order valence-corrected chi connectivity index (χ0v) is 4.89. The minimum Gasteiger partial charge on any atom is -0.346 e. The quantitative estimate of drug-likeness (QED) is 0.508. The van der Waals surface area contributed by atoms with Crippen molar-refractivity contribution < 1.29 is 9.59 Å². The third-order valence-electron chi connectivity index (χ3n) is 0.675. The van der Waals surface area contributed by atoms with Crippen LogP contribution < -0.4 is 5.32 Å². The molecule has 1 N–H and O–H groups in total. The van der Waals surface area contributed by atoms with Crippen LogP contribution >= 0.6 is 0 Å². The Morgan fingerprint density at radius 1 is 1.62 bits per heavy atom. The summed E-state index contributed by atoms with van der Waals surface area (Å²) in [5.74, 6) is 0. The number of carbonyl (C=O) groups excluding carboxylic acids is 2. The Labute approximate surface area is 48.1 Å². The summed E-state index contributed by atoms with van der Waals surface area (Å²) in [5, 5.41) is 2.27. The van der Waals surface area contributed by atoms with Crippen molar-refractivity contribution in [1.29, 1.82) is 0 Å². The van der Waals surface area contributed by atoms with E-state index in [1.807, 2.05) is 0 Å². The maximum atomic E-state index is 9.87. The molecule has 45 valence electrons. The summed E-state index contributed by atoms with van der Waals surface area (Å²) in [7, 11) is 0. The largest absolute Gasteiger partial charge is 0.346 e. The summed E-state index contributed by atoms with van der Waals surface area (Å²) in [5.41, 5.74) is -0.832. The second-order valence-corrected chi connectivity index (χ2v) is 1.99. The van der Waals surface area contributed by atoms with Crippen LogP contribution in [0.3, 0.4) is 0 Å². The molecule has 0 heterocycles. The van der Waals surface area contributed by atoms with Crippen LogP contribution in [0.4, 0.5) is 0 Å². The molecule has 3 heteroatoms. The van der Waals surface area contributed by atoms with Crippen molar-refractivity contribution >= 4 is 12.7 Å². The third kappa shape index (κ3) is 2.34. The van der Waals surface area contributed by atoms with E-state index in [0.29, 0.717) is 6.41 Å². The summed E-state index contributed by atoms with van der Waals surface area (Å²) in [6, 6.07) is 0. The molecule has 0 fully saturated rings. The minimum atomic E-state index is -0.832. The van der Waals surface area contributed by atoms with E-state index in [9.17, 15) is 9.59 Å². The Balaban J connectivity index is 3.70. The fraction of sp³-hybridized carbons (Fsp3) is 0.600. The van der Waals surface area contributed by atoms with E-state index in [2.05, 4.69) is 5.32 Å². The molecular weight excluding hydrogens is 106 g/mol. The lowest BCUT2D eigenvalue weighted by molar-refractivity contribution is -0.110. The van der Waals surface area contributed by atoms with Crippen LogP contribution in [0.25, 0.3) is 0 Å². The molecule has 0 aromatic rings. The van der Waals surface area contributed by atoms with E-state index in [1.165, 1.54) is 0 Å². The number of hydrogen-bond donors (Lipinski definition) is 1. The van der Waals surface area contributed by atoms with Gasteiger partial charge in [-0.2, -0.15) is 0 Å². The first-order valence-corrected chi connectivity index (χ1v) is 2.23. The van der Waals surface area contributed by atoms with Gasteiger partial charge in [0.15, 0.2) is 0 Å². The Hall–Kier alpha value is -0.860. The lowest BCUT2D eigenvalue weighted by atomic mass is 10.1. The molecular formula is C5H8NO2. The lowest BCUT2D eigenvalue weighted by Gasteiger charge is -2.12. The topological polar surface area (TPSA) is 46.2 Å². The molecule has 0 spiro atoms. The molecule has 0 saturated heterocycles. The van der Waals surface area contributed by atoms with E-state index in [-0.39, 0.29) is 0 Å². The highest BCUT2D eigenvalue weighted by Gasteiger charge is 2.14. The van der Waals surface area contributed by atoms with E-state index in [1.54, 1.807) is 20.1 Å². The Kier molecular flexibility index (Phi) is 2.19. The van der Waals surface area contributed by atoms with Crippen molar-refractivity contribution in [3.05, 3.63) is 0 Å². The number of hydrogen-bond acceptors (Lipinski definition) is 2. The van der Waals surface area contributed by atoms with E-state index < -0.39 is 5.54 Å². The van der Waals surface area contributed by atoms with Crippen molar-refractivity contribution in [2.75, 3.05) is 0 Å². The van der Waals surface area contributed by atoms with Gasteiger partial charge in [0.2, 0.25) is 12.7 Å². The summed E-state index contributed by atoms with van der Waals surface area (Å²) in [4.78, 5) is 19.6. The van der Waals surface area contributed by atoms with Gasteiger partial charge < -0.3 is 5.32 Å². The van der Waals surface area contributed by atoms with E-state index in [0.717, 1.165) is 0 Å². The molecule has 0 aromatic carbocycles. The van der Waals surface area contributed by atoms with Crippen LogP contribution in [-0.4, -0.2) is 18.2 Å². The van der Waals surface area contributed by atoms with Gasteiger partial charge >= 0.3 is 0 Å². The van der Waals surface area contributed by atoms with E-state index >= 15 is 0 Å². The molecule has 0 aliphatic rings. The Bertz CT molecular complexity index is 98.6. The molecule has 0 saturated carbocycles. The van der Waals surface area contributed by atoms with Crippen LogP contribution in [-0.2, 0) is 9.59 Å². The Morgan fingerprint density at radius 2 is 2.12 bits per heavy atom. The highest BCUT2D eigenvalue weighted by Crippen LogP contribution is 1.92. The number of nitrogens with one attached hydrogen (secondary N) is 1.